The molecule has 0 bridgehead atoms. The summed E-state index contributed by atoms with van der Waals surface area (Å²) < 4.78 is 1.69. The van der Waals surface area contributed by atoms with Gasteiger partial charge in [-0.25, -0.2) is 4.98 Å². The monoisotopic (exact) mass is 340 g/mol. The van der Waals surface area contributed by atoms with Gasteiger partial charge in [0.2, 0.25) is 11.9 Å². The zero-order chi connectivity index (χ0) is 17.9. The van der Waals surface area contributed by atoms with Crippen LogP contribution in [0.15, 0.2) is 24.7 Å². The third kappa shape index (κ3) is 4.03. The number of aromatic nitrogens is 4. The van der Waals surface area contributed by atoms with Crippen molar-refractivity contribution in [2.75, 3.05) is 23.7 Å². The highest BCUT2D eigenvalue weighted by Crippen LogP contribution is 2.26. The van der Waals surface area contributed by atoms with E-state index in [9.17, 15) is 4.79 Å². The number of anilines is 3. The van der Waals surface area contributed by atoms with Gasteiger partial charge in [0, 0.05) is 32.5 Å². The van der Waals surface area contributed by atoms with Crippen molar-refractivity contribution in [2.45, 2.75) is 25.3 Å². The number of rotatable bonds is 5. The number of carbonyl (C=O) groups excluding carboxylic acids is 1. The second kappa shape index (κ2) is 6.76. The fraction of sp³-hybridized carbons (Fsp3) is 0.438. The van der Waals surface area contributed by atoms with Crippen LogP contribution < -0.4 is 10.6 Å². The molecule has 1 saturated heterocycles. The Morgan fingerprint density at radius 2 is 2.36 bits per heavy atom. The van der Waals surface area contributed by atoms with Gasteiger partial charge in [0.05, 0.1) is 23.5 Å². The molecule has 0 aliphatic carbocycles. The Kier molecular flexibility index (Phi) is 4.52. The number of nitrogens with zero attached hydrogens (tertiary/aromatic N) is 6. The second-order valence-electron chi connectivity index (χ2n) is 6.38. The number of nitriles is 1. The fourth-order valence-electron chi connectivity index (χ4n) is 2.87. The zero-order valence-corrected chi connectivity index (χ0v) is 14.2. The first-order chi connectivity index (χ1) is 12.0. The van der Waals surface area contributed by atoms with Crippen LogP contribution in [0, 0.1) is 11.3 Å². The van der Waals surface area contributed by atoms with Crippen LogP contribution in [0.3, 0.4) is 0 Å². The Morgan fingerprint density at radius 1 is 1.52 bits per heavy atom. The summed E-state index contributed by atoms with van der Waals surface area (Å²) in [5.41, 5.74) is 0.519. The van der Waals surface area contributed by atoms with Crippen LogP contribution in [0.2, 0.25) is 0 Å². The molecule has 1 aliphatic heterocycles. The minimum absolute atomic E-state index is 0.0806. The molecule has 1 fully saturated rings. The van der Waals surface area contributed by atoms with E-state index in [0.717, 1.165) is 12.1 Å². The van der Waals surface area contributed by atoms with E-state index in [2.05, 4.69) is 25.7 Å². The molecule has 0 saturated carbocycles. The van der Waals surface area contributed by atoms with E-state index in [4.69, 9.17) is 5.26 Å². The van der Waals surface area contributed by atoms with Gasteiger partial charge in [0.25, 0.3) is 0 Å². The van der Waals surface area contributed by atoms with Crippen molar-refractivity contribution >= 4 is 23.4 Å². The molecule has 1 amide bonds. The van der Waals surface area contributed by atoms with E-state index in [1.54, 1.807) is 28.0 Å². The van der Waals surface area contributed by atoms with Gasteiger partial charge in [-0.3, -0.25) is 9.48 Å². The molecule has 0 spiro atoms. The number of hydrogen-bond acceptors (Lipinski definition) is 7. The van der Waals surface area contributed by atoms with Gasteiger partial charge in [-0.1, -0.05) is 0 Å². The van der Waals surface area contributed by atoms with Crippen molar-refractivity contribution in [3.05, 3.63) is 24.7 Å². The second-order valence-corrected chi connectivity index (χ2v) is 6.38. The van der Waals surface area contributed by atoms with Crippen LogP contribution in [-0.2, 0) is 11.8 Å². The Bertz CT molecular complexity index is 810. The number of hydrogen-bond donors (Lipinski definition) is 2. The number of carbonyl (C=O) groups is 1. The van der Waals surface area contributed by atoms with Crippen LogP contribution in [0.4, 0.5) is 17.5 Å². The molecule has 3 heterocycles. The Hall–Kier alpha value is -3.15. The predicted molar refractivity (Wildman–Crippen MR) is 92.0 cm³/mol. The van der Waals surface area contributed by atoms with Crippen molar-refractivity contribution in [3.8, 4) is 6.07 Å². The molecule has 0 radical (unpaired) electrons. The molecule has 130 valence electrons. The SMILES string of the molecule is Cn1cc(Nc2nccc(NC3(C)CCN(C(=O)CC#N)C3)n2)cn1. The molecular formula is C16H20N8O. The minimum atomic E-state index is -0.287. The molecule has 9 heteroatoms. The van der Waals surface area contributed by atoms with Crippen molar-refractivity contribution < 1.29 is 4.79 Å². The van der Waals surface area contributed by atoms with Crippen LogP contribution >= 0.6 is 0 Å². The molecule has 2 N–H and O–H groups in total. The van der Waals surface area contributed by atoms with E-state index in [1.807, 2.05) is 26.2 Å². The van der Waals surface area contributed by atoms with E-state index in [1.165, 1.54) is 0 Å². The fourth-order valence-corrected chi connectivity index (χ4v) is 2.87. The van der Waals surface area contributed by atoms with E-state index in [-0.39, 0.29) is 17.9 Å². The van der Waals surface area contributed by atoms with Crippen LogP contribution in [0.5, 0.6) is 0 Å². The van der Waals surface area contributed by atoms with E-state index >= 15 is 0 Å². The average molecular weight is 340 g/mol. The number of aryl methyl sites for hydroxylation is 1. The van der Waals surface area contributed by atoms with E-state index in [0.29, 0.717) is 24.9 Å². The van der Waals surface area contributed by atoms with Gasteiger partial charge in [0.1, 0.15) is 12.2 Å². The summed E-state index contributed by atoms with van der Waals surface area (Å²) in [4.78, 5) is 22.3. The quantitative estimate of drug-likeness (QED) is 0.843. The normalized spacial score (nSPS) is 19.5. The predicted octanol–water partition coefficient (Wildman–Crippen LogP) is 1.27. The van der Waals surface area contributed by atoms with Gasteiger partial charge >= 0.3 is 0 Å². The van der Waals surface area contributed by atoms with Gasteiger partial charge in [0.15, 0.2) is 0 Å². The maximum atomic E-state index is 11.9. The standard InChI is InChI=1S/C16H20N8O/c1-16(5-8-24(11-16)14(25)3-6-17)22-13-4-7-18-15(21-13)20-12-9-19-23(2)10-12/h4,7,9-10H,3,5,8,11H2,1-2H3,(H2,18,20,21,22). The Labute approximate surface area is 145 Å². The summed E-state index contributed by atoms with van der Waals surface area (Å²) in [5, 5.41) is 19.3. The third-order valence-electron chi connectivity index (χ3n) is 4.10. The molecule has 1 atom stereocenters. The average Bonchev–Trinajstić information content (AvgIpc) is 3.14. The first kappa shape index (κ1) is 16.7. The summed E-state index contributed by atoms with van der Waals surface area (Å²) in [7, 11) is 1.84. The number of nitrogens with one attached hydrogen (secondary N) is 2. The maximum Gasteiger partial charge on any atom is 0.236 e. The smallest absolute Gasteiger partial charge is 0.236 e. The first-order valence-electron chi connectivity index (χ1n) is 7.99. The van der Waals surface area contributed by atoms with Crippen molar-refractivity contribution in [3.63, 3.8) is 0 Å². The van der Waals surface area contributed by atoms with Crippen molar-refractivity contribution in [1.82, 2.24) is 24.6 Å². The third-order valence-corrected chi connectivity index (χ3v) is 4.10. The maximum absolute atomic E-state index is 11.9. The zero-order valence-electron chi connectivity index (χ0n) is 14.2. The summed E-state index contributed by atoms with van der Waals surface area (Å²) >= 11 is 0. The molecule has 25 heavy (non-hydrogen) atoms. The van der Waals surface area contributed by atoms with Crippen LogP contribution in [0.1, 0.15) is 19.8 Å². The van der Waals surface area contributed by atoms with Crippen molar-refractivity contribution in [2.24, 2.45) is 7.05 Å². The number of amides is 1. The highest BCUT2D eigenvalue weighted by Gasteiger charge is 2.36. The summed E-state index contributed by atoms with van der Waals surface area (Å²) in [5.74, 6) is 1.02. The molecule has 9 nitrogen and oxygen atoms in total. The topological polar surface area (TPSA) is 112 Å². The molecule has 0 aromatic carbocycles. The minimum Gasteiger partial charge on any atom is -0.363 e. The molecule has 1 unspecified atom stereocenters. The van der Waals surface area contributed by atoms with Crippen LogP contribution in [-0.4, -0.2) is 49.2 Å². The molecule has 2 aromatic heterocycles. The molecular weight excluding hydrogens is 320 g/mol. The molecule has 3 rings (SSSR count). The number of likely N-dealkylation sites (tertiary alicyclic amines) is 1. The Morgan fingerprint density at radius 3 is 3.08 bits per heavy atom. The highest BCUT2D eigenvalue weighted by molar-refractivity contribution is 5.78. The summed E-state index contributed by atoms with van der Waals surface area (Å²) in [6.45, 7) is 3.22. The lowest BCUT2D eigenvalue weighted by molar-refractivity contribution is -0.129. The molecule has 2 aromatic rings. The Balaban J connectivity index is 1.66. The van der Waals surface area contributed by atoms with Crippen molar-refractivity contribution in [1.29, 1.82) is 5.26 Å². The highest BCUT2D eigenvalue weighted by atomic mass is 16.2. The van der Waals surface area contributed by atoms with Gasteiger partial charge < -0.3 is 15.5 Å². The van der Waals surface area contributed by atoms with Gasteiger partial charge in [-0.15, -0.1) is 0 Å². The lowest BCUT2D eigenvalue weighted by Gasteiger charge is -2.26. The van der Waals surface area contributed by atoms with Crippen LogP contribution in [0.25, 0.3) is 0 Å². The first-order valence-corrected chi connectivity index (χ1v) is 7.99. The largest absolute Gasteiger partial charge is 0.363 e. The van der Waals surface area contributed by atoms with Gasteiger partial charge in [-0.05, 0) is 19.4 Å². The van der Waals surface area contributed by atoms with Gasteiger partial charge in [-0.2, -0.15) is 15.3 Å². The van der Waals surface area contributed by atoms with E-state index < -0.39 is 0 Å². The summed E-state index contributed by atoms with van der Waals surface area (Å²) in [6.07, 6.45) is 5.91. The lowest BCUT2D eigenvalue weighted by atomic mass is 10.0. The lowest BCUT2D eigenvalue weighted by Crippen LogP contribution is -2.40. The molecule has 1 aliphatic rings. The summed E-state index contributed by atoms with van der Waals surface area (Å²) in [6, 6.07) is 3.70.